The molecule has 6 heteroatoms. The van der Waals surface area contributed by atoms with E-state index < -0.39 is 24.0 Å². The molecule has 27 heavy (non-hydrogen) atoms. The van der Waals surface area contributed by atoms with Crippen LogP contribution in [-0.2, 0) is 16.0 Å². The Balaban J connectivity index is 1.84. The second-order valence-electron chi connectivity index (χ2n) is 7.74. The number of fused-ring (bicyclic) bond motifs is 1. The number of rotatable bonds is 6. The van der Waals surface area contributed by atoms with Crippen molar-refractivity contribution in [3.63, 3.8) is 0 Å². The number of hydrogen-bond acceptors (Lipinski definition) is 4. The molecule has 1 aliphatic carbocycles. The fourth-order valence-electron chi connectivity index (χ4n) is 4.26. The number of carbonyl (C=O) groups is 2. The van der Waals surface area contributed by atoms with Crippen molar-refractivity contribution in [3.8, 4) is 0 Å². The van der Waals surface area contributed by atoms with Gasteiger partial charge in [-0.1, -0.05) is 11.1 Å². The zero-order chi connectivity index (χ0) is 19.7. The Morgan fingerprint density at radius 1 is 1.26 bits per heavy atom. The van der Waals surface area contributed by atoms with E-state index in [0.717, 1.165) is 36.2 Å². The van der Waals surface area contributed by atoms with Crippen molar-refractivity contribution in [2.45, 2.75) is 57.5 Å². The van der Waals surface area contributed by atoms with Crippen molar-refractivity contribution < 1.29 is 19.8 Å². The van der Waals surface area contributed by atoms with Gasteiger partial charge in [-0.05, 0) is 62.8 Å². The van der Waals surface area contributed by atoms with Gasteiger partial charge in [0.25, 0.3) is 0 Å². The maximum atomic E-state index is 12.0. The lowest BCUT2D eigenvalue weighted by molar-refractivity contribution is -0.139. The number of carboxylic acid groups (broad SMARTS) is 2. The first-order chi connectivity index (χ1) is 12.8. The number of benzene rings is 1. The Labute approximate surface area is 160 Å². The van der Waals surface area contributed by atoms with E-state index in [4.69, 9.17) is 0 Å². The summed E-state index contributed by atoms with van der Waals surface area (Å²) < 4.78 is 0. The van der Waals surface area contributed by atoms with Crippen molar-refractivity contribution in [1.29, 1.82) is 0 Å². The van der Waals surface area contributed by atoms with Crippen LogP contribution < -0.4 is 9.80 Å². The fourth-order valence-corrected chi connectivity index (χ4v) is 4.26. The Bertz CT molecular complexity index is 786. The van der Waals surface area contributed by atoms with Crippen LogP contribution in [0, 0.1) is 0 Å². The Morgan fingerprint density at radius 2 is 1.96 bits per heavy atom. The van der Waals surface area contributed by atoms with E-state index in [1.165, 1.54) is 17.6 Å². The number of anilines is 2. The lowest BCUT2D eigenvalue weighted by Crippen LogP contribution is -2.39. The van der Waals surface area contributed by atoms with Gasteiger partial charge >= 0.3 is 11.9 Å². The number of nitrogens with zero attached hydrogens (tertiary/aromatic N) is 2. The molecule has 0 bridgehead atoms. The predicted molar refractivity (Wildman–Crippen MR) is 106 cm³/mol. The third kappa shape index (κ3) is 3.80. The van der Waals surface area contributed by atoms with Crippen LogP contribution in [0.25, 0.3) is 0 Å². The number of likely N-dealkylation sites (N-methyl/N-ethyl adjacent to an activating group) is 2. The van der Waals surface area contributed by atoms with E-state index >= 15 is 0 Å². The van der Waals surface area contributed by atoms with Crippen molar-refractivity contribution in [2.75, 3.05) is 23.9 Å². The van der Waals surface area contributed by atoms with Gasteiger partial charge in [0.1, 0.15) is 12.1 Å². The van der Waals surface area contributed by atoms with Gasteiger partial charge in [0.2, 0.25) is 0 Å². The monoisotopic (exact) mass is 372 g/mol. The Hall–Kier alpha value is -2.50. The van der Waals surface area contributed by atoms with Gasteiger partial charge in [0.05, 0.1) is 0 Å². The van der Waals surface area contributed by atoms with Crippen LogP contribution in [0.15, 0.2) is 29.3 Å². The summed E-state index contributed by atoms with van der Waals surface area (Å²) in [5.74, 6) is -1.67. The zero-order valence-electron chi connectivity index (χ0n) is 16.2. The molecule has 2 N–H and O–H groups in total. The highest BCUT2D eigenvalue weighted by Gasteiger charge is 2.33. The van der Waals surface area contributed by atoms with E-state index in [9.17, 15) is 19.8 Å². The van der Waals surface area contributed by atoms with Crippen LogP contribution in [0.1, 0.15) is 44.6 Å². The quantitative estimate of drug-likeness (QED) is 0.746. The van der Waals surface area contributed by atoms with Crippen molar-refractivity contribution in [1.82, 2.24) is 0 Å². The molecule has 0 spiro atoms. The Kier molecular flexibility index (Phi) is 5.44. The minimum atomic E-state index is -0.841. The van der Waals surface area contributed by atoms with Gasteiger partial charge in [-0.25, -0.2) is 9.59 Å². The average molecular weight is 372 g/mol. The van der Waals surface area contributed by atoms with Crippen molar-refractivity contribution >= 4 is 23.3 Å². The molecule has 0 amide bonds. The highest BCUT2D eigenvalue weighted by molar-refractivity contribution is 5.83. The molecule has 6 nitrogen and oxygen atoms in total. The topological polar surface area (TPSA) is 81.1 Å². The molecule has 2 atom stereocenters. The van der Waals surface area contributed by atoms with E-state index in [1.54, 1.807) is 11.9 Å². The van der Waals surface area contributed by atoms with Crippen molar-refractivity contribution in [2.24, 2.45) is 0 Å². The molecular formula is C21H28N2O4. The maximum Gasteiger partial charge on any atom is 0.326 e. The molecule has 0 saturated heterocycles. The van der Waals surface area contributed by atoms with Crippen LogP contribution in [0.3, 0.4) is 0 Å². The summed E-state index contributed by atoms with van der Waals surface area (Å²) in [5, 5.41) is 19.2. The summed E-state index contributed by atoms with van der Waals surface area (Å²) in [6.07, 6.45) is 5.33. The van der Waals surface area contributed by atoms with Crippen LogP contribution in [0.4, 0.5) is 11.4 Å². The SMILES string of the molecule is CC1=C(CC(C(=O)O)N(C)c2ccc3c(c2)CC(C(=O)O)N3C)CCCC1. The highest BCUT2D eigenvalue weighted by Crippen LogP contribution is 2.35. The average Bonchev–Trinajstić information content (AvgIpc) is 2.96. The molecule has 0 saturated carbocycles. The largest absolute Gasteiger partial charge is 0.480 e. The molecule has 0 radical (unpaired) electrons. The summed E-state index contributed by atoms with van der Waals surface area (Å²) in [4.78, 5) is 27.0. The first-order valence-corrected chi connectivity index (χ1v) is 9.51. The van der Waals surface area contributed by atoms with Gasteiger partial charge in [-0.15, -0.1) is 0 Å². The molecule has 0 aromatic heterocycles. The lowest BCUT2D eigenvalue weighted by atomic mass is 9.88. The second kappa shape index (κ2) is 7.62. The van der Waals surface area contributed by atoms with E-state index in [-0.39, 0.29) is 0 Å². The second-order valence-corrected chi connectivity index (χ2v) is 7.74. The first kappa shape index (κ1) is 19.3. The highest BCUT2D eigenvalue weighted by atomic mass is 16.4. The van der Waals surface area contributed by atoms with E-state index in [0.29, 0.717) is 12.8 Å². The van der Waals surface area contributed by atoms with Crippen LogP contribution in [0.2, 0.25) is 0 Å². The maximum absolute atomic E-state index is 12.0. The Morgan fingerprint density at radius 3 is 2.59 bits per heavy atom. The van der Waals surface area contributed by atoms with Crippen LogP contribution in [0.5, 0.6) is 0 Å². The number of hydrogen-bond donors (Lipinski definition) is 2. The number of carboxylic acids is 2. The van der Waals surface area contributed by atoms with Crippen LogP contribution >= 0.6 is 0 Å². The molecule has 1 heterocycles. The minimum Gasteiger partial charge on any atom is -0.480 e. The molecule has 1 aromatic rings. The van der Waals surface area contributed by atoms with E-state index in [2.05, 4.69) is 6.92 Å². The summed E-state index contributed by atoms with van der Waals surface area (Å²) in [5.41, 5.74) is 5.27. The normalized spacial score (nSPS) is 20.4. The van der Waals surface area contributed by atoms with E-state index in [1.807, 2.05) is 30.1 Å². The smallest absolute Gasteiger partial charge is 0.326 e. The van der Waals surface area contributed by atoms with Gasteiger partial charge in [0.15, 0.2) is 0 Å². The summed E-state index contributed by atoms with van der Waals surface area (Å²) in [6.45, 7) is 2.12. The summed E-state index contributed by atoms with van der Waals surface area (Å²) >= 11 is 0. The fraction of sp³-hybridized carbons (Fsp3) is 0.524. The molecular weight excluding hydrogens is 344 g/mol. The molecule has 1 aliphatic heterocycles. The molecule has 1 aromatic carbocycles. The van der Waals surface area contributed by atoms with Gasteiger partial charge in [-0.2, -0.15) is 0 Å². The molecule has 0 fully saturated rings. The third-order valence-electron chi connectivity index (χ3n) is 6.09. The summed E-state index contributed by atoms with van der Waals surface area (Å²) in [7, 11) is 3.60. The number of allylic oxidation sites excluding steroid dienone is 1. The summed E-state index contributed by atoms with van der Waals surface area (Å²) in [6, 6.07) is 4.53. The molecule has 146 valence electrons. The standard InChI is InChI=1S/C21H28N2O4/c1-13-6-4-5-7-14(13)11-18(20(24)25)22(2)16-8-9-17-15(10-16)12-19(21(26)27)23(17)3/h8-10,18-19H,4-7,11-12H2,1-3H3,(H,24,25)(H,26,27). The van der Waals surface area contributed by atoms with Crippen LogP contribution in [-0.4, -0.2) is 48.3 Å². The van der Waals surface area contributed by atoms with Gasteiger partial charge in [-0.3, -0.25) is 0 Å². The van der Waals surface area contributed by atoms with Gasteiger partial charge in [0, 0.05) is 31.9 Å². The zero-order valence-corrected chi connectivity index (χ0v) is 16.2. The van der Waals surface area contributed by atoms with Crippen molar-refractivity contribution in [3.05, 3.63) is 34.9 Å². The molecule has 2 aliphatic rings. The minimum absolute atomic E-state index is 0.435. The number of aliphatic carboxylic acids is 2. The third-order valence-corrected chi connectivity index (χ3v) is 6.09. The lowest BCUT2D eigenvalue weighted by Gasteiger charge is -2.30. The predicted octanol–water partition coefficient (Wildman–Crippen LogP) is 3.30. The van der Waals surface area contributed by atoms with Gasteiger partial charge < -0.3 is 20.0 Å². The first-order valence-electron chi connectivity index (χ1n) is 9.51. The molecule has 3 rings (SSSR count). The molecule has 2 unspecified atom stereocenters.